The molecule has 0 radical (unpaired) electrons. The van der Waals surface area contributed by atoms with Crippen LogP contribution in [0, 0.1) is 23.7 Å². The van der Waals surface area contributed by atoms with E-state index in [0.717, 1.165) is 37.5 Å². The standard InChI is InChI=1S/C19H32O5/c1-13-9-15-11-14(2)19(16(10-13)12-15)22-18(23-24-19)7-5-17(20-3,21-4)6-8-18/h13-16H,5-12H2,1-4H3. The average molecular weight is 340 g/mol. The van der Waals surface area contributed by atoms with Crippen LogP contribution in [0.5, 0.6) is 0 Å². The third-order valence-corrected chi connectivity index (χ3v) is 7.17. The largest absolute Gasteiger partial charge is 0.353 e. The van der Waals surface area contributed by atoms with Crippen molar-refractivity contribution in [3.8, 4) is 0 Å². The Morgan fingerprint density at radius 2 is 1.54 bits per heavy atom. The molecule has 4 aliphatic rings. The maximum atomic E-state index is 6.69. The van der Waals surface area contributed by atoms with E-state index in [1.54, 1.807) is 14.2 Å². The maximum absolute atomic E-state index is 6.69. The highest BCUT2D eigenvalue weighted by Crippen LogP contribution is 2.58. The summed E-state index contributed by atoms with van der Waals surface area (Å²) in [6.07, 6.45) is 7.95. The predicted molar refractivity (Wildman–Crippen MR) is 87.7 cm³/mol. The summed E-state index contributed by atoms with van der Waals surface area (Å²) in [6, 6.07) is 0. The highest BCUT2D eigenvalue weighted by atomic mass is 17.3. The van der Waals surface area contributed by atoms with Crippen molar-refractivity contribution in [2.45, 2.75) is 82.6 Å². The van der Waals surface area contributed by atoms with Gasteiger partial charge in [0.1, 0.15) is 0 Å². The molecule has 5 unspecified atom stereocenters. The molecule has 2 bridgehead atoms. The van der Waals surface area contributed by atoms with Crippen molar-refractivity contribution in [3.05, 3.63) is 0 Å². The summed E-state index contributed by atoms with van der Waals surface area (Å²) < 4.78 is 17.9. The summed E-state index contributed by atoms with van der Waals surface area (Å²) in [7, 11) is 3.42. The zero-order valence-corrected chi connectivity index (χ0v) is 15.5. The van der Waals surface area contributed by atoms with Crippen molar-refractivity contribution < 1.29 is 24.0 Å². The molecular formula is C19H32O5. The number of hydrogen-bond acceptors (Lipinski definition) is 5. The summed E-state index contributed by atoms with van der Waals surface area (Å²) in [5.41, 5.74) is 0. The van der Waals surface area contributed by atoms with Gasteiger partial charge in [-0.05, 0) is 37.5 Å². The van der Waals surface area contributed by atoms with E-state index in [1.807, 2.05) is 0 Å². The highest BCUT2D eigenvalue weighted by Gasteiger charge is 2.63. The second-order valence-electron chi connectivity index (χ2n) is 8.73. The number of rotatable bonds is 2. The molecule has 138 valence electrons. The van der Waals surface area contributed by atoms with E-state index in [2.05, 4.69) is 13.8 Å². The van der Waals surface area contributed by atoms with E-state index in [4.69, 9.17) is 24.0 Å². The Hall–Kier alpha value is -0.200. The summed E-state index contributed by atoms with van der Waals surface area (Å²) in [5, 5.41) is 0. The molecule has 3 saturated carbocycles. The minimum Gasteiger partial charge on any atom is -0.353 e. The first-order chi connectivity index (χ1) is 11.4. The van der Waals surface area contributed by atoms with Crippen molar-refractivity contribution >= 4 is 0 Å². The molecule has 5 heteroatoms. The van der Waals surface area contributed by atoms with Crippen molar-refractivity contribution in [3.63, 3.8) is 0 Å². The van der Waals surface area contributed by atoms with Gasteiger partial charge in [-0.3, -0.25) is 0 Å². The fraction of sp³-hybridized carbons (Fsp3) is 1.00. The van der Waals surface area contributed by atoms with Crippen molar-refractivity contribution in [2.75, 3.05) is 14.2 Å². The van der Waals surface area contributed by atoms with Crippen LogP contribution in [0.2, 0.25) is 0 Å². The fourth-order valence-electron chi connectivity index (χ4n) is 5.82. The van der Waals surface area contributed by atoms with Gasteiger partial charge in [-0.2, -0.15) is 9.78 Å². The summed E-state index contributed by atoms with van der Waals surface area (Å²) >= 11 is 0. The Kier molecular flexibility index (Phi) is 4.25. The molecule has 1 aliphatic heterocycles. The van der Waals surface area contributed by atoms with Crippen LogP contribution in [0.3, 0.4) is 0 Å². The second-order valence-corrected chi connectivity index (χ2v) is 8.73. The number of methoxy groups -OCH3 is 2. The number of ether oxygens (including phenoxy) is 3. The van der Waals surface area contributed by atoms with Crippen LogP contribution >= 0.6 is 0 Å². The normalized spacial score (nSPS) is 46.5. The summed E-state index contributed by atoms with van der Waals surface area (Å²) in [6.45, 7) is 4.63. The monoisotopic (exact) mass is 340 g/mol. The SMILES string of the molecule is COC1(OC)CCC2(CC1)OOC1(O2)C(C)CC2CC(C)CC1C2. The molecule has 0 N–H and O–H groups in total. The lowest BCUT2D eigenvalue weighted by molar-refractivity contribution is -0.384. The van der Waals surface area contributed by atoms with Crippen LogP contribution in [0.25, 0.3) is 0 Å². The molecule has 0 aromatic carbocycles. The molecule has 0 aromatic rings. The van der Waals surface area contributed by atoms with E-state index in [-0.39, 0.29) is 0 Å². The predicted octanol–water partition coefficient (Wildman–Crippen LogP) is 4.01. The molecule has 24 heavy (non-hydrogen) atoms. The summed E-state index contributed by atoms with van der Waals surface area (Å²) in [4.78, 5) is 12.0. The first-order valence-electron chi connectivity index (χ1n) is 9.62. The lowest BCUT2D eigenvalue weighted by Gasteiger charge is -2.50. The van der Waals surface area contributed by atoms with Crippen molar-refractivity contribution in [1.29, 1.82) is 0 Å². The fourth-order valence-corrected chi connectivity index (χ4v) is 5.82. The van der Waals surface area contributed by atoms with Crippen LogP contribution < -0.4 is 0 Å². The van der Waals surface area contributed by atoms with Crippen LogP contribution in [0.15, 0.2) is 0 Å². The number of fused-ring (bicyclic) bond motifs is 3. The van der Waals surface area contributed by atoms with E-state index in [0.29, 0.717) is 11.8 Å². The molecule has 1 heterocycles. The number of hydrogen-bond donors (Lipinski definition) is 0. The second kappa shape index (κ2) is 5.92. The van der Waals surface area contributed by atoms with Gasteiger partial charge in [-0.1, -0.05) is 13.8 Å². The quantitative estimate of drug-likeness (QED) is 0.561. The van der Waals surface area contributed by atoms with Gasteiger partial charge in [-0.25, -0.2) is 0 Å². The van der Waals surface area contributed by atoms with Gasteiger partial charge in [0, 0.05) is 51.7 Å². The molecule has 4 rings (SSSR count). The third kappa shape index (κ3) is 2.55. The van der Waals surface area contributed by atoms with Gasteiger partial charge in [0.25, 0.3) is 0 Å². The highest BCUT2D eigenvalue weighted by molar-refractivity contribution is 4.99. The van der Waals surface area contributed by atoms with Crippen LogP contribution in [0.4, 0.5) is 0 Å². The first kappa shape index (κ1) is 17.2. The Balaban J connectivity index is 1.51. The van der Waals surface area contributed by atoms with Gasteiger partial charge >= 0.3 is 0 Å². The summed E-state index contributed by atoms with van der Waals surface area (Å²) in [5.74, 6) is 0.729. The van der Waals surface area contributed by atoms with E-state index >= 15 is 0 Å². The first-order valence-corrected chi connectivity index (χ1v) is 9.62. The Labute approximate surface area is 145 Å². The molecule has 0 aromatic heterocycles. The van der Waals surface area contributed by atoms with E-state index in [1.165, 1.54) is 25.7 Å². The van der Waals surface area contributed by atoms with Gasteiger partial charge in [0.2, 0.25) is 11.6 Å². The van der Waals surface area contributed by atoms with Crippen LogP contribution in [0.1, 0.15) is 65.2 Å². The molecule has 2 spiro atoms. The van der Waals surface area contributed by atoms with Gasteiger partial charge < -0.3 is 14.2 Å². The average Bonchev–Trinajstić information content (AvgIpc) is 2.95. The molecule has 5 nitrogen and oxygen atoms in total. The Morgan fingerprint density at radius 1 is 0.833 bits per heavy atom. The molecule has 0 amide bonds. The molecular weight excluding hydrogens is 308 g/mol. The van der Waals surface area contributed by atoms with E-state index in [9.17, 15) is 0 Å². The lowest BCUT2D eigenvalue weighted by atomic mass is 9.62. The van der Waals surface area contributed by atoms with E-state index < -0.39 is 17.4 Å². The Morgan fingerprint density at radius 3 is 2.21 bits per heavy atom. The molecule has 5 atom stereocenters. The third-order valence-electron chi connectivity index (χ3n) is 7.17. The molecule has 1 saturated heterocycles. The van der Waals surface area contributed by atoms with Crippen LogP contribution in [-0.2, 0) is 24.0 Å². The minimum absolute atomic E-state index is 0.379. The lowest BCUT2D eigenvalue weighted by Crippen LogP contribution is -2.55. The Bertz CT molecular complexity index is 462. The smallest absolute Gasteiger partial charge is 0.210 e. The van der Waals surface area contributed by atoms with Gasteiger partial charge in [-0.15, -0.1) is 0 Å². The van der Waals surface area contributed by atoms with Gasteiger partial charge in [0.15, 0.2) is 5.79 Å². The van der Waals surface area contributed by atoms with Crippen molar-refractivity contribution in [2.24, 2.45) is 23.7 Å². The van der Waals surface area contributed by atoms with Gasteiger partial charge in [0.05, 0.1) is 0 Å². The minimum atomic E-state index is -0.623. The zero-order valence-electron chi connectivity index (χ0n) is 15.5. The van der Waals surface area contributed by atoms with Crippen LogP contribution in [-0.4, -0.2) is 31.6 Å². The molecule has 3 aliphatic carbocycles. The zero-order chi connectivity index (χ0) is 17.0. The molecule has 4 fully saturated rings. The maximum Gasteiger partial charge on any atom is 0.210 e. The van der Waals surface area contributed by atoms with Crippen molar-refractivity contribution in [1.82, 2.24) is 0 Å². The topological polar surface area (TPSA) is 46.2 Å².